The highest BCUT2D eigenvalue weighted by molar-refractivity contribution is 5.39. The summed E-state index contributed by atoms with van der Waals surface area (Å²) in [5.74, 6) is 2.15. The van der Waals surface area contributed by atoms with Gasteiger partial charge in [-0.2, -0.15) is 0 Å². The molecule has 1 rings (SSSR count). The molecule has 1 atom stereocenters. The Morgan fingerprint density at radius 3 is 2.53 bits per heavy atom. The summed E-state index contributed by atoms with van der Waals surface area (Å²) in [5, 5.41) is 0. The SMILES string of the molecule is COc1ccc(C)cc1C(CCCN)C(C)C. The van der Waals surface area contributed by atoms with Crippen molar-refractivity contribution in [3.8, 4) is 5.75 Å². The van der Waals surface area contributed by atoms with Crippen LogP contribution in [0.15, 0.2) is 18.2 Å². The number of aryl methyl sites for hydroxylation is 1. The van der Waals surface area contributed by atoms with Gasteiger partial charge < -0.3 is 10.5 Å². The average molecular weight is 235 g/mol. The molecule has 0 amide bonds. The summed E-state index contributed by atoms with van der Waals surface area (Å²) in [6, 6.07) is 6.42. The molecular weight excluding hydrogens is 210 g/mol. The Kier molecular flexibility index (Phi) is 5.49. The summed E-state index contributed by atoms with van der Waals surface area (Å²) >= 11 is 0. The molecule has 1 aromatic carbocycles. The second kappa shape index (κ2) is 6.65. The van der Waals surface area contributed by atoms with E-state index in [0.29, 0.717) is 11.8 Å². The summed E-state index contributed by atoms with van der Waals surface area (Å²) in [6.45, 7) is 7.42. The van der Waals surface area contributed by atoms with E-state index in [-0.39, 0.29) is 0 Å². The molecule has 2 heteroatoms. The Balaban J connectivity index is 3.02. The molecule has 0 radical (unpaired) electrons. The van der Waals surface area contributed by atoms with Gasteiger partial charge in [0.05, 0.1) is 7.11 Å². The second-order valence-electron chi connectivity index (χ2n) is 5.03. The van der Waals surface area contributed by atoms with Gasteiger partial charge in [-0.05, 0) is 49.8 Å². The third-order valence-electron chi connectivity index (χ3n) is 3.31. The zero-order valence-corrected chi connectivity index (χ0v) is 11.5. The first kappa shape index (κ1) is 14.0. The number of hydrogen-bond donors (Lipinski definition) is 1. The maximum Gasteiger partial charge on any atom is 0.122 e. The molecule has 1 unspecified atom stereocenters. The number of hydrogen-bond acceptors (Lipinski definition) is 2. The lowest BCUT2D eigenvalue weighted by Gasteiger charge is -2.23. The molecule has 2 N–H and O–H groups in total. The second-order valence-corrected chi connectivity index (χ2v) is 5.03. The van der Waals surface area contributed by atoms with Gasteiger partial charge in [-0.25, -0.2) is 0 Å². The van der Waals surface area contributed by atoms with Gasteiger partial charge >= 0.3 is 0 Å². The minimum Gasteiger partial charge on any atom is -0.496 e. The van der Waals surface area contributed by atoms with E-state index in [4.69, 9.17) is 10.5 Å². The highest BCUT2D eigenvalue weighted by Crippen LogP contribution is 2.35. The standard InChI is InChI=1S/C15H25NO/c1-11(2)13(6-5-9-16)14-10-12(3)7-8-15(14)17-4/h7-8,10-11,13H,5-6,9,16H2,1-4H3. The normalized spacial score (nSPS) is 12.8. The van der Waals surface area contributed by atoms with Crippen molar-refractivity contribution in [2.75, 3.05) is 13.7 Å². The highest BCUT2D eigenvalue weighted by Gasteiger charge is 2.19. The molecule has 0 saturated carbocycles. The van der Waals surface area contributed by atoms with Crippen LogP contribution in [0.5, 0.6) is 5.75 Å². The van der Waals surface area contributed by atoms with Crippen LogP contribution in [0.2, 0.25) is 0 Å². The number of nitrogens with two attached hydrogens (primary N) is 1. The number of ether oxygens (including phenoxy) is 1. The van der Waals surface area contributed by atoms with Gasteiger partial charge in [0.15, 0.2) is 0 Å². The summed E-state index contributed by atoms with van der Waals surface area (Å²) in [7, 11) is 1.74. The fourth-order valence-electron chi connectivity index (χ4n) is 2.33. The van der Waals surface area contributed by atoms with Crippen molar-refractivity contribution < 1.29 is 4.74 Å². The first-order valence-corrected chi connectivity index (χ1v) is 6.44. The van der Waals surface area contributed by atoms with Gasteiger partial charge in [-0.3, -0.25) is 0 Å². The molecule has 0 bridgehead atoms. The van der Waals surface area contributed by atoms with E-state index in [1.807, 2.05) is 0 Å². The Bertz CT molecular complexity index is 347. The van der Waals surface area contributed by atoms with Gasteiger partial charge in [0, 0.05) is 0 Å². The van der Waals surface area contributed by atoms with Gasteiger partial charge in [-0.15, -0.1) is 0 Å². The van der Waals surface area contributed by atoms with Crippen LogP contribution in [-0.4, -0.2) is 13.7 Å². The maximum absolute atomic E-state index is 5.62. The molecule has 1 aromatic rings. The van der Waals surface area contributed by atoms with E-state index in [2.05, 4.69) is 39.0 Å². The fraction of sp³-hybridized carbons (Fsp3) is 0.600. The molecule has 0 aliphatic heterocycles. The molecule has 17 heavy (non-hydrogen) atoms. The van der Waals surface area contributed by atoms with Crippen molar-refractivity contribution in [1.29, 1.82) is 0 Å². The van der Waals surface area contributed by atoms with Gasteiger partial charge in [0.2, 0.25) is 0 Å². The summed E-state index contributed by atoms with van der Waals surface area (Å²) in [6.07, 6.45) is 2.20. The fourth-order valence-corrected chi connectivity index (χ4v) is 2.33. The molecule has 96 valence electrons. The van der Waals surface area contributed by atoms with Crippen LogP contribution in [0.3, 0.4) is 0 Å². The van der Waals surface area contributed by atoms with Crippen LogP contribution in [0.1, 0.15) is 43.7 Å². The summed E-state index contributed by atoms with van der Waals surface area (Å²) < 4.78 is 5.48. The molecule has 0 fully saturated rings. The van der Waals surface area contributed by atoms with Crippen molar-refractivity contribution in [3.63, 3.8) is 0 Å². The van der Waals surface area contributed by atoms with Crippen molar-refractivity contribution >= 4 is 0 Å². The maximum atomic E-state index is 5.62. The highest BCUT2D eigenvalue weighted by atomic mass is 16.5. The van der Waals surface area contributed by atoms with Gasteiger partial charge in [-0.1, -0.05) is 31.5 Å². The van der Waals surface area contributed by atoms with E-state index >= 15 is 0 Å². The van der Waals surface area contributed by atoms with Crippen LogP contribution in [-0.2, 0) is 0 Å². The van der Waals surface area contributed by atoms with Crippen LogP contribution in [0.25, 0.3) is 0 Å². The summed E-state index contributed by atoms with van der Waals surface area (Å²) in [4.78, 5) is 0. The van der Waals surface area contributed by atoms with E-state index in [9.17, 15) is 0 Å². The largest absolute Gasteiger partial charge is 0.496 e. The van der Waals surface area contributed by atoms with E-state index in [0.717, 1.165) is 25.1 Å². The Hall–Kier alpha value is -1.02. The molecule has 0 aromatic heterocycles. The smallest absolute Gasteiger partial charge is 0.122 e. The quantitative estimate of drug-likeness (QED) is 0.819. The topological polar surface area (TPSA) is 35.2 Å². The molecule has 0 aliphatic rings. The third kappa shape index (κ3) is 3.74. The third-order valence-corrected chi connectivity index (χ3v) is 3.31. The molecule has 0 spiro atoms. The molecule has 0 heterocycles. The van der Waals surface area contributed by atoms with Crippen LogP contribution in [0, 0.1) is 12.8 Å². The lowest BCUT2D eigenvalue weighted by molar-refractivity contribution is 0.387. The predicted octanol–water partition coefficient (Wildman–Crippen LogP) is 3.48. The Morgan fingerprint density at radius 1 is 1.29 bits per heavy atom. The van der Waals surface area contributed by atoms with Crippen molar-refractivity contribution in [2.24, 2.45) is 11.7 Å². The molecular formula is C15H25NO. The average Bonchev–Trinajstić information content (AvgIpc) is 2.29. The van der Waals surface area contributed by atoms with Crippen LogP contribution >= 0.6 is 0 Å². The van der Waals surface area contributed by atoms with E-state index in [1.165, 1.54) is 11.1 Å². The molecule has 0 saturated heterocycles. The van der Waals surface area contributed by atoms with Crippen molar-refractivity contribution in [1.82, 2.24) is 0 Å². The van der Waals surface area contributed by atoms with Crippen molar-refractivity contribution in [3.05, 3.63) is 29.3 Å². The minimum atomic E-state index is 0.536. The van der Waals surface area contributed by atoms with Gasteiger partial charge in [0.1, 0.15) is 5.75 Å². The Morgan fingerprint density at radius 2 is 2.00 bits per heavy atom. The lowest BCUT2D eigenvalue weighted by Crippen LogP contribution is -2.11. The molecule has 0 aliphatic carbocycles. The van der Waals surface area contributed by atoms with Crippen molar-refractivity contribution in [2.45, 2.75) is 39.5 Å². The predicted molar refractivity (Wildman–Crippen MR) is 73.6 cm³/mol. The zero-order valence-electron chi connectivity index (χ0n) is 11.5. The minimum absolute atomic E-state index is 0.536. The number of methoxy groups -OCH3 is 1. The first-order valence-electron chi connectivity index (χ1n) is 6.44. The van der Waals surface area contributed by atoms with E-state index < -0.39 is 0 Å². The summed E-state index contributed by atoms with van der Waals surface area (Å²) in [5.41, 5.74) is 8.24. The van der Waals surface area contributed by atoms with Crippen LogP contribution < -0.4 is 10.5 Å². The molecule has 2 nitrogen and oxygen atoms in total. The zero-order chi connectivity index (χ0) is 12.8. The number of rotatable bonds is 6. The van der Waals surface area contributed by atoms with Crippen LogP contribution in [0.4, 0.5) is 0 Å². The lowest BCUT2D eigenvalue weighted by atomic mass is 9.83. The number of benzene rings is 1. The monoisotopic (exact) mass is 235 g/mol. The van der Waals surface area contributed by atoms with E-state index in [1.54, 1.807) is 7.11 Å². The Labute approximate surface area is 105 Å². The first-order chi connectivity index (χ1) is 8.10. The van der Waals surface area contributed by atoms with Gasteiger partial charge in [0.25, 0.3) is 0 Å².